The number of aryl methyl sites for hydroxylation is 3. The summed E-state index contributed by atoms with van der Waals surface area (Å²) in [4.78, 5) is 9.26. The Morgan fingerprint density at radius 2 is 1.81 bits per heavy atom. The minimum absolute atomic E-state index is 0.0335. The van der Waals surface area contributed by atoms with Crippen LogP contribution in [0.15, 0.2) is 41.3 Å². The van der Waals surface area contributed by atoms with Gasteiger partial charge in [0.1, 0.15) is 5.76 Å². The van der Waals surface area contributed by atoms with Crippen molar-refractivity contribution in [2.45, 2.75) is 58.9 Å². The zero-order valence-electron chi connectivity index (χ0n) is 18.5. The van der Waals surface area contributed by atoms with Gasteiger partial charge in [-0.3, -0.25) is 9.97 Å². The second-order valence-electron chi connectivity index (χ2n) is 8.97. The van der Waals surface area contributed by atoms with E-state index < -0.39 is 5.92 Å². The number of fused-ring (bicyclic) bond motifs is 1. The molecule has 5 rings (SSSR count). The zero-order valence-corrected chi connectivity index (χ0v) is 18.5. The van der Waals surface area contributed by atoms with Crippen LogP contribution in [0.3, 0.4) is 0 Å². The van der Waals surface area contributed by atoms with Crippen LogP contribution in [0.25, 0.3) is 33.3 Å². The first-order chi connectivity index (χ1) is 15.3. The molecule has 1 aliphatic carbocycles. The van der Waals surface area contributed by atoms with Crippen LogP contribution >= 0.6 is 0 Å². The fourth-order valence-electron chi connectivity index (χ4n) is 4.75. The van der Waals surface area contributed by atoms with E-state index in [0.29, 0.717) is 19.4 Å². The number of alkyl halides is 2. The molecule has 4 heterocycles. The normalized spacial score (nSPS) is 16.7. The molecular formula is C25H26F2N4O. The molecule has 5 nitrogen and oxygen atoms in total. The Morgan fingerprint density at radius 1 is 1.06 bits per heavy atom. The van der Waals surface area contributed by atoms with E-state index in [1.54, 1.807) is 0 Å². The first-order valence-electron chi connectivity index (χ1n) is 11.0. The predicted octanol–water partition coefficient (Wildman–Crippen LogP) is 6.50. The van der Waals surface area contributed by atoms with Crippen molar-refractivity contribution in [3.8, 4) is 22.3 Å². The van der Waals surface area contributed by atoms with Gasteiger partial charge in [-0.25, -0.2) is 8.78 Å². The molecule has 1 aliphatic rings. The third-order valence-corrected chi connectivity index (χ3v) is 6.55. The fraction of sp³-hybridized carbons (Fsp3) is 0.400. The summed E-state index contributed by atoms with van der Waals surface area (Å²) in [6.07, 6.45) is 6.80. The molecule has 7 heteroatoms. The van der Waals surface area contributed by atoms with Crippen LogP contribution in [0.4, 0.5) is 8.78 Å². The van der Waals surface area contributed by atoms with Crippen molar-refractivity contribution in [3.05, 3.63) is 53.9 Å². The molecule has 0 amide bonds. The monoisotopic (exact) mass is 436 g/mol. The maximum Gasteiger partial charge on any atom is 0.248 e. The highest BCUT2D eigenvalue weighted by Crippen LogP contribution is 2.39. The van der Waals surface area contributed by atoms with Crippen molar-refractivity contribution in [2.75, 3.05) is 0 Å². The van der Waals surface area contributed by atoms with Crippen molar-refractivity contribution in [1.82, 2.24) is 19.7 Å². The summed E-state index contributed by atoms with van der Waals surface area (Å²) in [6, 6.07) is 6.14. The van der Waals surface area contributed by atoms with Gasteiger partial charge in [0.05, 0.1) is 16.7 Å². The lowest BCUT2D eigenvalue weighted by molar-refractivity contribution is -0.0472. The summed E-state index contributed by atoms with van der Waals surface area (Å²) < 4.78 is 34.9. The van der Waals surface area contributed by atoms with Crippen molar-refractivity contribution >= 4 is 11.0 Å². The molecule has 0 N–H and O–H groups in total. The van der Waals surface area contributed by atoms with Gasteiger partial charge in [-0.1, -0.05) is 11.2 Å². The molecule has 4 aromatic heterocycles. The zero-order chi connectivity index (χ0) is 22.5. The van der Waals surface area contributed by atoms with E-state index in [1.807, 2.05) is 45.3 Å². The van der Waals surface area contributed by atoms with E-state index in [4.69, 9.17) is 9.51 Å². The Morgan fingerprint density at radius 3 is 2.47 bits per heavy atom. The first kappa shape index (κ1) is 20.8. The van der Waals surface area contributed by atoms with Crippen LogP contribution in [0.2, 0.25) is 0 Å². The van der Waals surface area contributed by atoms with Gasteiger partial charge >= 0.3 is 0 Å². The van der Waals surface area contributed by atoms with Crippen molar-refractivity contribution in [3.63, 3.8) is 0 Å². The second kappa shape index (κ2) is 7.80. The van der Waals surface area contributed by atoms with E-state index >= 15 is 0 Å². The lowest BCUT2D eigenvalue weighted by Gasteiger charge is -2.28. The smallest absolute Gasteiger partial charge is 0.248 e. The Hall–Kier alpha value is -3.09. The highest BCUT2D eigenvalue weighted by molar-refractivity contribution is 5.94. The van der Waals surface area contributed by atoms with Gasteiger partial charge in [0.25, 0.3) is 0 Å². The summed E-state index contributed by atoms with van der Waals surface area (Å²) >= 11 is 0. The number of nitrogens with zero attached hydrogens (tertiary/aromatic N) is 4. The Labute approximate surface area is 185 Å². The summed E-state index contributed by atoms with van der Waals surface area (Å²) in [5.74, 6) is -1.55. The van der Waals surface area contributed by atoms with Crippen molar-refractivity contribution < 1.29 is 13.3 Å². The molecule has 0 bridgehead atoms. The first-order valence-corrected chi connectivity index (χ1v) is 11.0. The Kier molecular flexibility index (Phi) is 5.07. The molecule has 0 aromatic carbocycles. The van der Waals surface area contributed by atoms with E-state index in [2.05, 4.69) is 27.0 Å². The molecule has 0 saturated heterocycles. The Balaban J connectivity index is 1.60. The van der Waals surface area contributed by atoms with Gasteiger partial charge in [0, 0.05) is 65.9 Å². The number of pyridine rings is 2. The topological polar surface area (TPSA) is 56.7 Å². The number of halogens is 2. The van der Waals surface area contributed by atoms with Crippen LogP contribution in [0.5, 0.6) is 0 Å². The molecule has 1 saturated carbocycles. The lowest BCUT2D eigenvalue weighted by Crippen LogP contribution is -2.26. The maximum absolute atomic E-state index is 13.7. The highest BCUT2D eigenvalue weighted by Gasteiger charge is 2.35. The number of hydrogen-bond acceptors (Lipinski definition) is 4. The SMILES string of the molecule is Cc1ccc(-c2cn(CC3CCC(F)(F)CC3)c3cc(-c4c(C)noc4C)cnc23)cn1. The third-order valence-electron chi connectivity index (χ3n) is 6.55. The summed E-state index contributed by atoms with van der Waals surface area (Å²) in [7, 11) is 0. The fourth-order valence-corrected chi connectivity index (χ4v) is 4.75. The predicted molar refractivity (Wildman–Crippen MR) is 120 cm³/mol. The van der Waals surface area contributed by atoms with Gasteiger partial charge < -0.3 is 9.09 Å². The maximum atomic E-state index is 13.7. The minimum Gasteiger partial charge on any atom is -0.361 e. The number of hydrogen-bond donors (Lipinski definition) is 0. The molecular weight excluding hydrogens is 410 g/mol. The summed E-state index contributed by atoms with van der Waals surface area (Å²) in [5, 5.41) is 4.07. The van der Waals surface area contributed by atoms with Crippen LogP contribution in [0.1, 0.15) is 42.8 Å². The number of rotatable bonds is 4. The molecule has 166 valence electrons. The molecule has 4 aromatic rings. The standard InChI is InChI=1S/C25H26F2N4O/c1-15-4-5-19(11-28-15)21-14-31(13-18-6-8-25(26,27)9-7-18)22-10-20(12-29-24(21)22)23-16(2)30-32-17(23)3/h4-5,10-12,14,18H,6-9,13H2,1-3H3. The minimum atomic E-state index is -2.52. The number of aromatic nitrogens is 4. The van der Waals surface area contributed by atoms with Crippen LogP contribution in [-0.4, -0.2) is 25.6 Å². The molecule has 0 atom stereocenters. The molecule has 0 radical (unpaired) electrons. The van der Waals surface area contributed by atoms with E-state index in [1.165, 1.54) is 0 Å². The van der Waals surface area contributed by atoms with E-state index in [0.717, 1.165) is 50.4 Å². The second-order valence-corrected chi connectivity index (χ2v) is 8.97. The van der Waals surface area contributed by atoms with Gasteiger partial charge in [-0.05, 0) is 51.7 Å². The highest BCUT2D eigenvalue weighted by atomic mass is 19.3. The molecule has 0 unspecified atom stereocenters. The van der Waals surface area contributed by atoms with Crippen molar-refractivity contribution in [1.29, 1.82) is 0 Å². The Bertz CT molecular complexity index is 1240. The van der Waals surface area contributed by atoms with E-state index in [-0.39, 0.29) is 18.8 Å². The molecule has 0 aliphatic heterocycles. The van der Waals surface area contributed by atoms with Crippen LogP contribution < -0.4 is 0 Å². The molecule has 32 heavy (non-hydrogen) atoms. The third kappa shape index (κ3) is 3.80. The summed E-state index contributed by atoms with van der Waals surface area (Å²) in [5.41, 5.74) is 7.52. The summed E-state index contributed by atoms with van der Waals surface area (Å²) in [6.45, 7) is 6.46. The molecule has 0 spiro atoms. The average molecular weight is 437 g/mol. The van der Waals surface area contributed by atoms with E-state index in [9.17, 15) is 8.78 Å². The lowest BCUT2D eigenvalue weighted by atomic mass is 9.87. The van der Waals surface area contributed by atoms with Gasteiger partial charge in [0.2, 0.25) is 5.92 Å². The van der Waals surface area contributed by atoms with Gasteiger partial charge in [0.15, 0.2) is 0 Å². The van der Waals surface area contributed by atoms with Gasteiger partial charge in [-0.2, -0.15) is 0 Å². The largest absolute Gasteiger partial charge is 0.361 e. The molecule has 1 fully saturated rings. The van der Waals surface area contributed by atoms with Crippen LogP contribution in [-0.2, 0) is 6.54 Å². The van der Waals surface area contributed by atoms with Crippen molar-refractivity contribution in [2.24, 2.45) is 5.92 Å². The average Bonchev–Trinajstić information content (AvgIpc) is 3.29. The quantitative estimate of drug-likeness (QED) is 0.366. The van der Waals surface area contributed by atoms with Crippen LogP contribution in [0, 0.1) is 26.7 Å². The van der Waals surface area contributed by atoms with Gasteiger partial charge in [-0.15, -0.1) is 0 Å².